The number of nitrogens with one attached hydrogen (secondary N) is 2. The summed E-state index contributed by atoms with van der Waals surface area (Å²) in [4.78, 5) is 14.5. The van der Waals surface area contributed by atoms with Gasteiger partial charge in [0.2, 0.25) is 0 Å². The van der Waals surface area contributed by atoms with Crippen molar-refractivity contribution in [3.8, 4) is 5.75 Å². The van der Waals surface area contributed by atoms with Gasteiger partial charge in [0.15, 0.2) is 0 Å². The maximum Gasteiger partial charge on any atom is 0.315 e. The zero-order valence-electron chi connectivity index (χ0n) is 15.8. The van der Waals surface area contributed by atoms with Crippen LogP contribution in [0, 0.1) is 0 Å². The van der Waals surface area contributed by atoms with Crippen molar-refractivity contribution >= 4 is 6.03 Å². The minimum atomic E-state index is -0.167. The molecule has 0 radical (unpaired) electrons. The number of rotatable bonds is 8. The van der Waals surface area contributed by atoms with Crippen molar-refractivity contribution in [1.82, 2.24) is 15.5 Å². The van der Waals surface area contributed by atoms with Crippen LogP contribution < -0.4 is 15.4 Å². The number of benzene rings is 2. The molecule has 0 spiro atoms. The highest BCUT2D eigenvalue weighted by Crippen LogP contribution is 2.16. The molecule has 2 amide bonds. The molecule has 2 aromatic rings. The van der Waals surface area contributed by atoms with Gasteiger partial charge in [0.25, 0.3) is 0 Å². The van der Waals surface area contributed by atoms with E-state index in [1.54, 1.807) is 0 Å². The maximum absolute atomic E-state index is 12.0. The summed E-state index contributed by atoms with van der Waals surface area (Å²) in [5.74, 6) is 0.811. The first-order valence-corrected chi connectivity index (χ1v) is 9.80. The third-order valence-electron chi connectivity index (χ3n) is 4.80. The average molecular weight is 367 g/mol. The van der Waals surface area contributed by atoms with Crippen molar-refractivity contribution in [2.45, 2.75) is 32.4 Å². The van der Waals surface area contributed by atoms with Crippen molar-refractivity contribution in [2.24, 2.45) is 0 Å². The lowest BCUT2D eigenvalue weighted by Crippen LogP contribution is -2.37. The van der Waals surface area contributed by atoms with Gasteiger partial charge >= 0.3 is 6.03 Å². The molecule has 5 heteroatoms. The molecule has 2 N–H and O–H groups in total. The summed E-state index contributed by atoms with van der Waals surface area (Å²) in [5, 5.41) is 5.79. The molecule has 1 aliphatic heterocycles. The molecule has 1 heterocycles. The minimum Gasteiger partial charge on any atom is -0.492 e. The van der Waals surface area contributed by atoms with Gasteiger partial charge in [-0.25, -0.2) is 4.79 Å². The van der Waals surface area contributed by atoms with Crippen LogP contribution in [0.15, 0.2) is 54.6 Å². The molecule has 2 aromatic carbocycles. The van der Waals surface area contributed by atoms with Gasteiger partial charge in [-0.2, -0.15) is 0 Å². The monoisotopic (exact) mass is 367 g/mol. The standard InChI is InChI=1S/C22H29N3O2/c26-22(23-13-16-27-21-11-3-1-4-12-21)24-17-19-9-5-6-10-20(19)18-25-14-7-2-8-15-25/h1,3-6,9-12H,2,7-8,13-18H2,(H2,23,24,26). The van der Waals surface area contributed by atoms with E-state index in [0.29, 0.717) is 19.7 Å². The van der Waals surface area contributed by atoms with Crippen LogP contribution in [0.25, 0.3) is 0 Å². The van der Waals surface area contributed by atoms with Gasteiger partial charge in [0.1, 0.15) is 12.4 Å². The molecule has 0 unspecified atom stereocenters. The molecule has 5 nitrogen and oxygen atoms in total. The van der Waals surface area contributed by atoms with E-state index in [-0.39, 0.29) is 6.03 Å². The molecule has 1 aliphatic rings. The number of carbonyl (C=O) groups is 1. The minimum absolute atomic E-state index is 0.167. The Bertz CT molecular complexity index is 700. The first kappa shape index (κ1) is 19.2. The van der Waals surface area contributed by atoms with Crippen molar-refractivity contribution in [3.05, 3.63) is 65.7 Å². The lowest BCUT2D eigenvalue weighted by Gasteiger charge is -2.27. The number of piperidine rings is 1. The number of hydrogen-bond donors (Lipinski definition) is 2. The number of carbonyl (C=O) groups excluding carboxylic acids is 1. The summed E-state index contributed by atoms with van der Waals surface area (Å²) in [6.45, 7) is 4.76. The van der Waals surface area contributed by atoms with Crippen LogP contribution in [-0.4, -0.2) is 37.2 Å². The Labute approximate surface area is 161 Å². The fraction of sp³-hybridized carbons (Fsp3) is 0.409. The second kappa shape index (κ2) is 10.6. The van der Waals surface area contributed by atoms with E-state index in [4.69, 9.17) is 4.74 Å². The van der Waals surface area contributed by atoms with Crippen LogP contribution in [0.3, 0.4) is 0 Å². The van der Waals surface area contributed by atoms with Crippen molar-refractivity contribution in [2.75, 3.05) is 26.2 Å². The molecule has 0 aromatic heterocycles. The Morgan fingerprint density at radius 1 is 0.889 bits per heavy atom. The predicted octanol–water partition coefficient (Wildman–Crippen LogP) is 3.55. The fourth-order valence-corrected chi connectivity index (χ4v) is 3.33. The van der Waals surface area contributed by atoms with Gasteiger partial charge in [-0.3, -0.25) is 4.90 Å². The van der Waals surface area contributed by atoms with Crippen LogP contribution >= 0.6 is 0 Å². The topological polar surface area (TPSA) is 53.6 Å². The average Bonchev–Trinajstić information content (AvgIpc) is 2.72. The smallest absolute Gasteiger partial charge is 0.315 e. The van der Waals surface area contributed by atoms with Gasteiger partial charge in [0.05, 0.1) is 6.54 Å². The van der Waals surface area contributed by atoms with E-state index in [1.165, 1.54) is 43.5 Å². The summed E-state index contributed by atoms with van der Waals surface area (Å²) in [6.07, 6.45) is 3.91. The molecular weight excluding hydrogens is 338 g/mol. The summed E-state index contributed by atoms with van der Waals surface area (Å²) >= 11 is 0. The maximum atomic E-state index is 12.0. The normalized spacial score (nSPS) is 14.5. The zero-order valence-corrected chi connectivity index (χ0v) is 15.8. The summed E-state index contributed by atoms with van der Waals surface area (Å²) < 4.78 is 5.57. The predicted molar refractivity (Wildman–Crippen MR) is 108 cm³/mol. The van der Waals surface area contributed by atoms with Gasteiger partial charge in [0, 0.05) is 13.1 Å². The van der Waals surface area contributed by atoms with Gasteiger partial charge < -0.3 is 15.4 Å². The Morgan fingerprint density at radius 2 is 1.59 bits per heavy atom. The van der Waals surface area contributed by atoms with Crippen LogP contribution in [0.5, 0.6) is 5.75 Å². The third kappa shape index (κ3) is 6.61. The molecule has 0 saturated carbocycles. The fourth-order valence-electron chi connectivity index (χ4n) is 3.33. The number of amides is 2. The largest absolute Gasteiger partial charge is 0.492 e. The second-order valence-electron chi connectivity index (χ2n) is 6.88. The van der Waals surface area contributed by atoms with E-state index in [2.05, 4.69) is 33.7 Å². The Kier molecular flexibility index (Phi) is 7.54. The number of para-hydroxylation sites is 1. The van der Waals surface area contributed by atoms with Crippen LogP contribution in [0.2, 0.25) is 0 Å². The lowest BCUT2D eigenvalue weighted by atomic mass is 10.0. The number of nitrogens with zero attached hydrogens (tertiary/aromatic N) is 1. The Balaban J connectivity index is 1.39. The molecule has 1 fully saturated rings. The van der Waals surface area contributed by atoms with Crippen LogP contribution in [0.4, 0.5) is 4.79 Å². The van der Waals surface area contributed by atoms with E-state index < -0.39 is 0 Å². The number of ether oxygens (including phenoxy) is 1. The van der Waals surface area contributed by atoms with Crippen molar-refractivity contribution < 1.29 is 9.53 Å². The molecule has 1 saturated heterocycles. The molecule has 144 valence electrons. The summed E-state index contributed by atoms with van der Waals surface area (Å²) in [5.41, 5.74) is 2.48. The van der Waals surface area contributed by atoms with Gasteiger partial charge in [-0.05, 0) is 49.2 Å². The number of likely N-dealkylation sites (tertiary alicyclic amines) is 1. The lowest BCUT2D eigenvalue weighted by molar-refractivity contribution is 0.220. The van der Waals surface area contributed by atoms with E-state index >= 15 is 0 Å². The number of urea groups is 1. The molecule has 0 aliphatic carbocycles. The van der Waals surface area contributed by atoms with Crippen molar-refractivity contribution in [1.29, 1.82) is 0 Å². The first-order valence-electron chi connectivity index (χ1n) is 9.80. The Hall–Kier alpha value is -2.53. The van der Waals surface area contributed by atoms with Gasteiger partial charge in [-0.15, -0.1) is 0 Å². The second-order valence-corrected chi connectivity index (χ2v) is 6.88. The molecule has 27 heavy (non-hydrogen) atoms. The molecule has 3 rings (SSSR count). The summed E-state index contributed by atoms with van der Waals surface area (Å²) in [7, 11) is 0. The third-order valence-corrected chi connectivity index (χ3v) is 4.80. The van der Waals surface area contributed by atoms with Crippen LogP contribution in [-0.2, 0) is 13.1 Å². The molecule has 0 atom stereocenters. The highest BCUT2D eigenvalue weighted by Gasteiger charge is 2.12. The molecular formula is C22H29N3O2. The molecule has 0 bridgehead atoms. The van der Waals surface area contributed by atoms with Crippen molar-refractivity contribution in [3.63, 3.8) is 0 Å². The van der Waals surface area contributed by atoms with Crippen LogP contribution in [0.1, 0.15) is 30.4 Å². The van der Waals surface area contributed by atoms with Gasteiger partial charge in [-0.1, -0.05) is 48.9 Å². The van der Waals surface area contributed by atoms with E-state index in [0.717, 1.165) is 12.3 Å². The Morgan fingerprint density at radius 3 is 2.37 bits per heavy atom. The SMILES string of the molecule is O=C(NCCOc1ccccc1)NCc1ccccc1CN1CCCCC1. The highest BCUT2D eigenvalue weighted by atomic mass is 16.5. The zero-order chi connectivity index (χ0) is 18.7. The van der Waals surface area contributed by atoms with E-state index in [1.807, 2.05) is 36.4 Å². The summed E-state index contributed by atoms with van der Waals surface area (Å²) in [6, 6.07) is 17.8. The quantitative estimate of drug-likeness (QED) is 0.702. The highest BCUT2D eigenvalue weighted by molar-refractivity contribution is 5.73. The van der Waals surface area contributed by atoms with E-state index in [9.17, 15) is 4.79 Å². The first-order chi connectivity index (χ1) is 13.3. The number of hydrogen-bond acceptors (Lipinski definition) is 3.